The lowest BCUT2D eigenvalue weighted by atomic mass is 9.84. The van der Waals surface area contributed by atoms with Crippen LogP contribution >= 0.6 is 0 Å². The van der Waals surface area contributed by atoms with Crippen LogP contribution in [-0.4, -0.2) is 31.4 Å². The van der Waals surface area contributed by atoms with Gasteiger partial charge in [0.05, 0.1) is 17.4 Å². The van der Waals surface area contributed by atoms with Crippen molar-refractivity contribution in [2.45, 2.75) is 51.0 Å². The second-order valence-corrected chi connectivity index (χ2v) is 8.76. The van der Waals surface area contributed by atoms with Crippen molar-refractivity contribution >= 4 is 15.7 Å². The van der Waals surface area contributed by atoms with Crippen molar-refractivity contribution in [1.82, 2.24) is 5.32 Å². The zero-order valence-electron chi connectivity index (χ0n) is 11.5. The zero-order valence-corrected chi connectivity index (χ0v) is 12.3. The third-order valence-electron chi connectivity index (χ3n) is 5.16. The van der Waals surface area contributed by atoms with Gasteiger partial charge in [-0.2, -0.15) is 0 Å². The van der Waals surface area contributed by atoms with E-state index in [0.29, 0.717) is 18.3 Å². The van der Waals surface area contributed by atoms with E-state index < -0.39 is 9.84 Å². The Morgan fingerprint density at radius 1 is 1.16 bits per heavy atom. The number of sulfone groups is 1. The molecule has 5 heteroatoms. The van der Waals surface area contributed by atoms with Crippen molar-refractivity contribution in [2.24, 2.45) is 17.8 Å². The number of rotatable bonds is 5. The van der Waals surface area contributed by atoms with Gasteiger partial charge in [-0.1, -0.05) is 6.92 Å². The molecule has 3 aliphatic rings. The average Bonchev–Trinajstić information content (AvgIpc) is 3.24. The Labute approximate surface area is 115 Å². The molecule has 3 fully saturated rings. The molecule has 2 aliphatic carbocycles. The Bertz CT molecular complexity index is 465. The van der Waals surface area contributed by atoms with Crippen molar-refractivity contribution in [3.05, 3.63) is 0 Å². The van der Waals surface area contributed by atoms with Crippen LogP contribution in [0.4, 0.5) is 0 Å². The van der Waals surface area contributed by atoms with Crippen molar-refractivity contribution in [3.8, 4) is 0 Å². The fourth-order valence-electron chi connectivity index (χ4n) is 3.73. The van der Waals surface area contributed by atoms with Gasteiger partial charge in [-0.05, 0) is 50.4 Å². The lowest BCUT2D eigenvalue weighted by Crippen LogP contribution is -2.53. The molecule has 0 spiro atoms. The SMILES string of the molecule is CCC(NC(=O)C1CCS(=O)(=O)C1)(C1CC1)C1CC1. The maximum Gasteiger partial charge on any atom is 0.224 e. The molecule has 2 saturated carbocycles. The summed E-state index contributed by atoms with van der Waals surface area (Å²) >= 11 is 0. The summed E-state index contributed by atoms with van der Waals surface area (Å²) in [4.78, 5) is 12.4. The molecule has 19 heavy (non-hydrogen) atoms. The van der Waals surface area contributed by atoms with Gasteiger partial charge >= 0.3 is 0 Å². The van der Waals surface area contributed by atoms with E-state index in [0.717, 1.165) is 6.42 Å². The van der Waals surface area contributed by atoms with E-state index in [1.165, 1.54) is 25.7 Å². The van der Waals surface area contributed by atoms with Crippen molar-refractivity contribution < 1.29 is 13.2 Å². The van der Waals surface area contributed by atoms with Gasteiger partial charge in [-0.3, -0.25) is 4.79 Å². The summed E-state index contributed by atoms with van der Waals surface area (Å²) in [6.07, 6.45) is 6.35. The third-order valence-corrected chi connectivity index (χ3v) is 6.92. The van der Waals surface area contributed by atoms with Crippen LogP contribution in [0.15, 0.2) is 0 Å². The fraction of sp³-hybridized carbons (Fsp3) is 0.929. The molecular formula is C14H23NO3S. The first-order valence-corrected chi connectivity index (χ1v) is 9.31. The van der Waals surface area contributed by atoms with Gasteiger partial charge in [0, 0.05) is 5.54 Å². The topological polar surface area (TPSA) is 63.2 Å². The van der Waals surface area contributed by atoms with Gasteiger partial charge in [0.2, 0.25) is 5.91 Å². The van der Waals surface area contributed by atoms with Crippen LogP contribution in [-0.2, 0) is 14.6 Å². The number of hydrogen-bond donors (Lipinski definition) is 1. The quantitative estimate of drug-likeness (QED) is 0.832. The lowest BCUT2D eigenvalue weighted by molar-refractivity contribution is -0.127. The molecule has 0 aromatic heterocycles. The molecule has 1 aliphatic heterocycles. The number of carbonyl (C=O) groups is 1. The lowest BCUT2D eigenvalue weighted by Gasteiger charge is -2.35. The molecule has 0 bridgehead atoms. The molecule has 1 unspecified atom stereocenters. The first-order chi connectivity index (χ1) is 8.97. The van der Waals surface area contributed by atoms with E-state index in [1.54, 1.807) is 0 Å². The minimum atomic E-state index is -2.97. The predicted molar refractivity (Wildman–Crippen MR) is 73.4 cm³/mol. The second-order valence-electron chi connectivity index (χ2n) is 6.53. The molecule has 1 heterocycles. The monoisotopic (exact) mass is 285 g/mol. The summed E-state index contributed by atoms with van der Waals surface area (Å²) in [6, 6.07) is 0. The summed E-state index contributed by atoms with van der Waals surface area (Å²) in [6.45, 7) is 2.16. The van der Waals surface area contributed by atoms with Crippen molar-refractivity contribution in [2.75, 3.05) is 11.5 Å². The summed E-state index contributed by atoms with van der Waals surface area (Å²) in [5.74, 6) is 1.17. The second kappa shape index (κ2) is 4.47. The molecule has 0 aromatic rings. The molecule has 0 radical (unpaired) electrons. The third kappa shape index (κ3) is 2.54. The smallest absolute Gasteiger partial charge is 0.224 e. The molecule has 1 saturated heterocycles. The van der Waals surface area contributed by atoms with Gasteiger partial charge in [0.1, 0.15) is 0 Å². The average molecular weight is 285 g/mol. The van der Waals surface area contributed by atoms with Crippen LogP contribution in [0.1, 0.15) is 45.4 Å². The van der Waals surface area contributed by atoms with E-state index in [2.05, 4.69) is 12.2 Å². The Hall–Kier alpha value is -0.580. The van der Waals surface area contributed by atoms with Crippen LogP contribution in [0.5, 0.6) is 0 Å². The highest BCUT2D eigenvalue weighted by molar-refractivity contribution is 7.91. The van der Waals surface area contributed by atoms with E-state index in [-0.39, 0.29) is 28.9 Å². The molecule has 4 nitrogen and oxygen atoms in total. The Morgan fingerprint density at radius 3 is 2.11 bits per heavy atom. The highest BCUT2D eigenvalue weighted by Gasteiger charge is 2.54. The molecule has 1 N–H and O–H groups in total. The van der Waals surface area contributed by atoms with Crippen LogP contribution < -0.4 is 5.32 Å². The van der Waals surface area contributed by atoms with E-state index in [9.17, 15) is 13.2 Å². The first kappa shape index (κ1) is 13.4. The number of hydrogen-bond acceptors (Lipinski definition) is 3. The predicted octanol–water partition coefficient (Wildman–Crippen LogP) is 1.51. The van der Waals surface area contributed by atoms with Gasteiger partial charge in [0.15, 0.2) is 9.84 Å². The maximum atomic E-state index is 12.4. The van der Waals surface area contributed by atoms with Crippen molar-refractivity contribution in [1.29, 1.82) is 0 Å². The first-order valence-electron chi connectivity index (χ1n) is 7.49. The standard InChI is InChI=1S/C14H23NO3S/c1-2-14(11-3-4-11,12-5-6-12)15-13(16)10-7-8-19(17,18)9-10/h10-12H,2-9H2,1H3,(H,15,16). The van der Waals surface area contributed by atoms with Crippen LogP contribution in [0.2, 0.25) is 0 Å². The Kier molecular flexibility index (Phi) is 3.15. The Morgan fingerprint density at radius 2 is 1.74 bits per heavy atom. The summed E-state index contributed by atoms with van der Waals surface area (Å²) < 4.78 is 23.0. The van der Waals surface area contributed by atoms with E-state index in [1.807, 2.05) is 0 Å². The van der Waals surface area contributed by atoms with Gasteiger partial charge in [-0.25, -0.2) is 8.42 Å². The minimum absolute atomic E-state index is 0.0123. The Balaban J connectivity index is 1.70. The molecule has 0 aromatic carbocycles. The summed E-state index contributed by atoms with van der Waals surface area (Å²) in [5.41, 5.74) is -0.0244. The summed E-state index contributed by atoms with van der Waals surface area (Å²) in [7, 11) is -2.97. The number of amides is 1. The van der Waals surface area contributed by atoms with Crippen molar-refractivity contribution in [3.63, 3.8) is 0 Å². The van der Waals surface area contributed by atoms with E-state index >= 15 is 0 Å². The normalized spacial score (nSPS) is 30.3. The largest absolute Gasteiger partial charge is 0.350 e. The molecule has 1 atom stereocenters. The fourth-order valence-corrected chi connectivity index (χ4v) is 5.47. The maximum absolute atomic E-state index is 12.4. The number of carbonyl (C=O) groups excluding carboxylic acids is 1. The van der Waals surface area contributed by atoms with Crippen LogP contribution in [0.25, 0.3) is 0 Å². The highest BCUT2D eigenvalue weighted by Crippen LogP contribution is 2.53. The van der Waals surface area contributed by atoms with Crippen LogP contribution in [0.3, 0.4) is 0 Å². The van der Waals surface area contributed by atoms with E-state index in [4.69, 9.17) is 0 Å². The molecule has 1 amide bonds. The molecule has 3 rings (SSSR count). The zero-order chi connectivity index (χ0) is 13.7. The molecule has 108 valence electrons. The van der Waals surface area contributed by atoms with Gasteiger partial charge in [0.25, 0.3) is 0 Å². The van der Waals surface area contributed by atoms with Crippen LogP contribution in [0, 0.1) is 17.8 Å². The van der Waals surface area contributed by atoms with Gasteiger partial charge in [-0.15, -0.1) is 0 Å². The minimum Gasteiger partial charge on any atom is -0.350 e. The molecular weight excluding hydrogens is 262 g/mol. The van der Waals surface area contributed by atoms with Gasteiger partial charge < -0.3 is 5.32 Å². The number of nitrogens with one attached hydrogen (secondary N) is 1. The summed E-state index contributed by atoms with van der Waals surface area (Å²) in [5, 5.41) is 3.28. The highest BCUT2D eigenvalue weighted by atomic mass is 32.2.